The van der Waals surface area contributed by atoms with Gasteiger partial charge in [0.2, 0.25) is 0 Å². The van der Waals surface area contributed by atoms with Crippen molar-refractivity contribution in [3.8, 4) is 0 Å². The smallest absolute Gasteiger partial charge is 0.271 e. The molecule has 0 radical (unpaired) electrons. The van der Waals surface area contributed by atoms with E-state index >= 15 is 0 Å². The molecular formula is C12H20N4O2. The normalized spacial score (nSPS) is 8.94. The number of hydrogen-bond donors (Lipinski definition) is 2. The van der Waals surface area contributed by atoms with Crippen molar-refractivity contribution in [1.29, 1.82) is 0 Å². The van der Waals surface area contributed by atoms with Crippen LogP contribution in [0.15, 0.2) is 18.2 Å². The number of imidazole rings is 1. The van der Waals surface area contributed by atoms with E-state index in [1.807, 2.05) is 27.7 Å². The molecule has 1 heterocycles. The van der Waals surface area contributed by atoms with Crippen molar-refractivity contribution >= 4 is 16.7 Å². The summed E-state index contributed by atoms with van der Waals surface area (Å²) in [6, 6.07) is 4.47. The second-order valence-corrected chi connectivity index (χ2v) is 2.85. The van der Waals surface area contributed by atoms with E-state index < -0.39 is 4.92 Å². The van der Waals surface area contributed by atoms with Crippen molar-refractivity contribution < 1.29 is 4.92 Å². The molecule has 100 valence electrons. The average Bonchev–Trinajstić information content (AvgIpc) is 2.85. The Morgan fingerprint density at radius 2 is 1.94 bits per heavy atom. The summed E-state index contributed by atoms with van der Waals surface area (Å²) in [5, 5.41) is 10.5. The van der Waals surface area contributed by atoms with Crippen LogP contribution in [0.5, 0.6) is 0 Å². The summed E-state index contributed by atoms with van der Waals surface area (Å²) in [6.07, 6.45) is 0. The molecule has 0 fully saturated rings. The van der Waals surface area contributed by atoms with E-state index in [0.717, 1.165) is 0 Å². The molecule has 0 aliphatic heterocycles. The van der Waals surface area contributed by atoms with Crippen LogP contribution < -0.4 is 5.73 Å². The predicted octanol–water partition coefficient (Wildman–Crippen LogP) is 2.98. The predicted molar refractivity (Wildman–Crippen MR) is 73.3 cm³/mol. The van der Waals surface area contributed by atoms with Gasteiger partial charge in [-0.2, -0.15) is 0 Å². The third-order valence-electron chi connectivity index (χ3n) is 1.92. The summed E-state index contributed by atoms with van der Waals surface area (Å²) in [7, 11) is 0. The van der Waals surface area contributed by atoms with Crippen LogP contribution in [0.3, 0.4) is 0 Å². The number of rotatable bonds is 2. The first-order chi connectivity index (χ1) is 8.70. The Bertz CT molecular complexity index is 494. The van der Waals surface area contributed by atoms with Crippen molar-refractivity contribution in [3.63, 3.8) is 0 Å². The number of nitrogens with zero attached hydrogens (tertiary/aromatic N) is 2. The van der Waals surface area contributed by atoms with Crippen LogP contribution >= 0.6 is 0 Å². The standard InChI is InChI=1S/C8H8N4O2.2C2H6/c9-4-8-10-6-2-1-5(12(13)14)3-7(6)11-8;2*1-2/h1-3H,4,9H2,(H,10,11);2*1-2H3. The highest BCUT2D eigenvalue weighted by atomic mass is 16.6. The van der Waals surface area contributed by atoms with Gasteiger partial charge in [0, 0.05) is 12.1 Å². The van der Waals surface area contributed by atoms with E-state index in [1.54, 1.807) is 6.07 Å². The van der Waals surface area contributed by atoms with E-state index in [-0.39, 0.29) is 5.69 Å². The zero-order chi connectivity index (χ0) is 14.1. The minimum Gasteiger partial charge on any atom is -0.341 e. The van der Waals surface area contributed by atoms with E-state index in [2.05, 4.69) is 9.97 Å². The van der Waals surface area contributed by atoms with Gasteiger partial charge in [-0.05, 0) is 6.07 Å². The summed E-state index contributed by atoms with van der Waals surface area (Å²) in [6.45, 7) is 8.29. The Morgan fingerprint density at radius 3 is 2.44 bits per heavy atom. The molecule has 0 spiro atoms. The first kappa shape index (κ1) is 16.1. The van der Waals surface area contributed by atoms with E-state index in [0.29, 0.717) is 23.4 Å². The topological polar surface area (TPSA) is 97.8 Å². The maximum absolute atomic E-state index is 10.5. The van der Waals surface area contributed by atoms with Gasteiger partial charge >= 0.3 is 0 Å². The van der Waals surface area contributed by atoms with Crippen molar-refractivity contribution in [2.45, 2.75) is 34.2 Å². The van der Waals surface area contributed by atoms with Gasteiger partial charge < -0.3 is 10.7 Å². The summed E-state index contributed by atoms with van der Waals surface area (Å²) in [4.78, 5) is 17.1. The number of non-ortho nitro benzene ring substituents is 1. The number of aromatic nitrogens is 2. The number of nitrogens with one attached hydrogen (secondary N) is 1. The average molecular weight is 252 g/mol. The minimum absolute atomic E-state index is 0.0460. The van der Waals surface area contributed by atoms with E-state index in [9.17, 15) is 10.1 Å². The molecule has 0 unspecified atom stereocenters. The number of fused-ring (bicyclic) bond motifs is 1. The third-order valence-corrected chi connectivity index (χ3v) is 1.92. The molecule has 0 saturated heterocycles. The van der Waals surface area contributed by atoms with Gasteiger partial charge in [0.1, 0.15) is 5.82 Å². The Kier molecular flexibility index (Phi) is 7.30. The molecule has 0 saturated carbocycles. The largest absolute Gasteiger partial charge is 0.341 e. The highest BCUT2D eigenvalue weighted by Crippen LogP contribution is 2.18. The summed E-state index contributed by atoms with van der Waals surface area (Å²) < 4.78 is 0. The van der Waals surface area contributed by atoms with Crippen LogP contribution in [0.2, 0.25) is 0 Å². The zero-order valence-corrected chi connectivity index (χ0v) is 11.2. The van der Waals surface area contributed by atoms with Gasteiger partial charge in [-0.15, -0.1) is 0 Å². The fourth-order valence-corrected chi connectivity index (χ4v) is 1.26. The van der Waals surface area contributed by atoms with E-state index in [4.69, 9.17) is 5.73 Å². The Morgan fingerprint density at radius 1 is 1.33 bits per heavy atom. The number of nitro groups is 1. The van der Waals surface area contributed by atoms with Gasteiger partial charge in [-0.3, -0.25) is 10.1 Å². The monoisotopic (exact) mass is 252 g/mol. The van der Waals surface area contributed by atoms with Crippen molar-refractivity contribution in [2.24, 2.45) is 5.73 Å². The van der Waals surface area contributed by atoms with Gasteiger partial charge in [-0.1, -0.05) is 27.7 Å². The molecule has 0 atom stereocenters. The van der Waals surface area contributed by atoms with Crippen LogP contribution in [0.4, 0.5) is 5.69 Å². The third kappa shape index (κ3) is 3.81. The Hall–Kier alpha value is -1.95. The Balaban J connectivity index is 0.000000659. The molecule has 1 aromatic heterocycles. The molecule has 0 aliphatic carbocycles. The summed E-state index contributed by atoms with van der Waals surface area (Å²) in [5.74, 6) is 0.625. The van der Waals surface area contributed by atoms with Crippen molar-refractivity contribution in [1.82, 2.24) is 9.97 Å². The number of H-pyrrole nitrogens is 1. The second-order valence-electron chi connectivity index (χ2n) is 2.85. The SMILES string of the molecule is CC.CC.NCc1nc2ccc([N+](=O)[O-])cc2[nH]1. The van der Waals surface area contributed by atoms with Crippen LogP contribution in [0.1, 0.15) is 33.5 Å². The van der Waals surface area contributed by atoms with E-state index in [1.165, 1.54) is 12.1 Å². The second kappa shape index (κ2) is 8.19. The quantitative estimate of drug-likeness (QED) is 0.634. The van der Waals surface area contributed by atoms with Crippen LogP contribution in [-0.4, -0.2) is 14.9 Å². The molecule has 2 aromatic rings. The van der Waals surface area contributed by atoms with Crippen molar-refractivity contribution in [3.05, 3.63) is 34.1 Å². The molecule has 0 bridgehead atoms. The lowest BCUT2D eigenvalue weighted by Gasteiger charge is -1.89. The fourth-order valence-electron chi connectivity index (χ4n) is 1.26. The molecular weight excluding hydrogens is 232 g/mol. The highest BCUT2D eigenvalue weighted by Gasteiger charge is 2.08. The first-order valence-corrected chi connectivity index (χ1v) is 6.04. The molecule has 3 N–H and O–H groups in total. The lowest BCUT2D eigenvalue weighted by molar-refractivity contribution is -0.384. The number of nitrogens with two attached hydrogens (primary N) is 1. The molecule has 2 rings (SSSR count). The van der Waals surface area contributed by atoms with Gasteiger partial charge in [0.15, 0.2) is 0 Å². The Labute approximate surface area is 106 Å². The van der Waals surface area contributed by atoms with Crippen molar-refractivity contribution in [2.75, 3.05) is 0 Å². The van der Waals surface area contributed by atoms with Gasteiger partial charge in [-0.25, -0.2) is 4.98 Å². The molecule has 6 heteroatoms. The highest BCUT2D eigenvalue weighted by molar-refractivity contribution is 5.77. The number of hydrogen-bond acceptors (Lipinski definition) is 4. The first-order valence-electron chi connectivity index (χ1n) is 6.04. The zero-order valence-electron chi connectivity index (χ0n) is 11.2. The van der Waals surface area contributed by atoms with Gasteiger partial charge in [0.25, 0.3) is 5.69 Å². The number of benzene rings is 1. The lowest BCUT2D eigenvalue weighted by atomic mass is 10.3. The fraction of sp³-hybridized carbons (Fsp3) is 0.417. The lowest BCUT2D eigenvalue weighted by Crippen LogP contribution is -1.97. The number of nitro benzene ring substituents is 1. The molecule has 6 nitrogen and oxygen atoms in total. The maximum Gasteiger partial charge on any atom is 0.271 e. The van der Waals surface area contributed by atoms with Crippen LogP contribution in [-0.2, 0) is 6.54 Å². The summed E-state index contributed by atoms with van der Waals surface area (Å²) in [5.41, 5.74) is 6.76. The number of aromatic amines is 1. The van der Waals surface area contributed by atoms with Gasteiger partial charge in [0.05, 0.1) is 22.5 Å². The molecule has 1 aromatic carbocycles. The van der Waals surface area contributed by atoms with Crippen LogP contribution in [0.25, 0.3) is 11.0 Å². The molecule has 0 aliphatic rings. The summed E-state index contributed by atoms with van der Waals surface area (Å²) >= 11 is 0. The maximum atomic E-state index is 10.5. The minimum atomic E-state index is -0.442. The van der Waals surface area contributed by atoms with Crippen LogP contribution in [0, 0.1) is 10.1 Å². The molecule has 18 heavy (non-hydrogen) atoms. The molecule has 0 amide bonds.